The Morgan fingerprint density at radius 2 is 2.00 bits per heavy atom. The van der Waals surface area contributed by atoms with Crippen LogP contribution in [0.1, 0.15) is 30.0 Å². The molecule has 0 N–H and O–H groups in total. The Labute approximate surface area is 160 Å². The van der Waals surface area contributed by atoms with Crippen LogP contribution >= 0.6 is 0 Å². The molecule has 4 rings (SSSR count). The van der Waals surface area contributed by atoms with Crippen molar-refractivity contribution in [2.75, 3.05) is 13.7 Å². The summed E-state index contributed by atoms with van der Waals surface area (Å²) < 4.78 is 11.7. The molecule has 0 fully saturated rings. The number of ether oxygens (including phenoxy) is 2. The van der Waals surface area contributed by atoms with Crippen molar-refractivity contribution in [1.82, 2.24) is 9.88 Å². The van der Waals surface area contributed by atoms with Crippen LogP contribution in [0.15, 0.2) is 48.5 Å². The summed E-state index contributed by atoms with van der Waals surface area (Å²) in [4.78, 5) is 7.34. The maximum Gasteiger partial charge on any atom is 0.218 e. The Hall–Kier alpha value is -2.59. The average Bonchev–Trinajstić information content (AvgIpc) is 2.85. The van der Waals surface area contributed by atoms with Crippen LogP contribution in [-0.2, 0) is 13.1 Å². The highest BCUT2D eigenvalue weighted by Gasteiger charge is 2.24. The first kappa shape index (κ1) is 17.8. The van der Waals surface area contributed by atoms with E-state index in [1.165, 1.54) is 5.56 Å². The molecule has 1 aliphatic rings. The van der Waals surface area contributed by atoms with Crippen LogP contribution in [0.3, 0.4) is 0 Å². The third kappa shape index (κ3) is 3.76. The summed E-state index contributed by atoms with van der Waals surface area (Å²) in [5.74, 6) is 1.64. The lowest BCUT2D eigenvalue weighted by molar-refractivity contribution is 0.136. The quantitative estimate of drug-likeness (QED) is 0.672. The van der Waals surface area contributed by atoms with E-state index in [2.05, 4.69) is 61.2 Å². The maximum atomic E-state index is 6.31. The highest BCUT2D eigenvalue weighted by molar-refractivity contribution is 5.84. The zero-order valence-electron chi connectivity index (χ0n) is 16.2. The molecule has 0 saturated heterocycles. The van der Waals surface area contributed by atoms with Crippen LogP contribution in [0.2, 0.25) is 0 Å². The molecule has 0 radical (unpaired) electrons. The number of aromatic nitrogens is 1. The number of pyridine rings is 1. The number of hydrogen-bond donors (Lipinski definition) is 0. The summed E-state index contributed by atoms with van der Waals surface area (Å²) in [6.45, 7) is 6.89. The molecule has 3 aromatic rings. The van der Waals surface area contributed by atoms with Gasteiger partial charge in [-0.05, 0) is 42.7 Å². The van der Waals surface area contributed by atoms with E-state index in [1.54, 1.807) is 7.11 Å². The lowest BCUT2D eigenvalue weighted by atomic mass is 10.1. The van der Waals surface area contributed by atoms with E-state index in [9.17, 15) is 0 Å². The van der Waals surface area contributed by atoms with E-state index in [-0.39, 0.29) is 6.10 Å². The molecule has 4 nitrogen and oxygen atoms in total. The number of aryl methyl sites for hydroxylation is 1. The Morgan fingerprint density at radius 1 is 1.19 bits per heavy atom. The second-order valence-corrected chi connectivity index (χ2v) is 7.27. The van der Waals surface area contributed by atoms with Crippen LogP contribution in [0.4, 0.5) is 0 Å². The summed E-state index contributed by atoms with van der Waals surface area (Å²) in [5.41, 5.74) is 4.55. The van der Waals surface area contributed by atoms with Crippen molar-refractivity contribution in [1.29, 1.82) is 0 Å². The zero-order valence-corrected chi connectivity index (χ0v) is 16.2. The molecule has 0 unspecified atom stereocenters. The number of nitrogens with zero attached hydrogens (tertiary/aromatic N) is 2. The second-order valence-electron chi connectivity index (χ2n) is 7.27. The summed E-state index contributed by atoms with van der Waals surface area (Å²) >= 11 is 0. The number of hydrogen-bond acceptors (Lipinski definition) is 4. The molecular weight excluding hydrogens is 336 g/mol. The van der Waals surface area contributed by atoms with Crippen molar-refractivity contribution in [2.45, 2.75) is 39.5 Å². The third-order valence-corrected chi connectivity index (χ3v) is 5.20. The molecule has 1 atom stereocenters. The van der Waals surface area contributed by atoms with Gasteiger partial charge in [-0.1, -0.05) is 37.3 Å². The van der Waals surface area contributed by atoms with Crippen LogP contribution in [0.25, 0.3) is 10.9 Å². The fourth-order valence-corrected chi connectivity index (χ4v) is 3.75. The lowest BCUT2D eigenvalue weighted by Gasteiger charge is -2.23. The number of benzene rings is 2. The van der Waals surface area contributed by atoms with E-state index >= 15 is 0 Å². The normalized spacial score (nSPS) is 17.2. The smallest absolute Gasteiger partial charge is 0.218 e. The van der Waals surface area contributed by atoms with Gasteiger partial charge in [0.25, 0.3) is 0 Å². The van der Waals surface area contributed by atoms with Gasteiger partial charge in [-0.25, -0.2) is 4.98 Å². The van der Waals surface area contributed by atoms with Crippen molar-refractivity contribution >= 4 is 10.9 Å². The fourth-order valence-electron chi connectivity index (χ4n) is 3.75. The van der Waals surface area contributed by atoms with Crippen molar-refractivity contribution in [3.05, 3.63) is 65.2 Å². The highest BCUT2D eigenvalue weighted by atomic mass is 16.5. The van der Waals surface area contributed by atoms with E-state index in [0.29, 0.717) is 0 Å². The standard InChI is InChI=1S/C23H26N2O2/c1-4-20-15-25(13-17-8-6-5-7-9-17)14-19-11-18-12-21(26-3)10-16(2)22(18)24-23(19)27-20/h5-12,20H,4,13-15H2,1-3H3/t20-/m1/s1. The van der Waals surface area contributed by atoms with E-state index in [0.717, 1.165) is 59.7 Å². The van der Waals surface area contributed by atoms with Gasteiger partial charge in [0.05, 0.1) is 12.6 Å². The first-order valence-electron chi connectivity index (χ1n) is 9.57. The van der Waals surface area contributed by atoms with E-state index in [4.69, 9.17) is 14.5 Å². The summed E-state index contributed by atoms with van der Waals surface area (Å²) in [5, 5.41) is 1.10. The van der Waals surface area contributed by atoms with Crippen LogP contribution in [-0.4, -0.2) is 29.6 Å². The molecule has 0 spiro atoms. The SMILES string of the molecule is CC[C@@H]1CN(Cc2ccccc2)Cc2cc3cc(OC)cc(C)c3nc2O1. The van der Waals surface area contributed by atoms with Gasteiger partial charge >= 0.3 is 0 Å². The second kappa shape index (κ2) is 7.57. The van der Waals surface area contributed by atoms with Gasteiger partial charge in [-0.3, -0.25) is 4.90 Å². The van der Waals surface area contributed by atoms with Gasteiger partial charge in [-0.15, -0.1) is 0 Å². The minimum Gasteiger partial charge on any atom is -0.497 e. The largest absolute Gasteiger partial charge is 0.497 e. The van der Waals surface area contributed by atoms with Crippen LogP contribution < -0.4 is 9.47 Å². The number of rotatable bonds is 4. The molecule has 0 bridgehead atoms. The van der Waals surface area contributed by atoms with E-state index < -0.39 is 0 Å². The molecule has 140 valence electrons. The maximum absolute atomic E-state index is 6.31. The molecule has 0 amide bonds. The van der Waals surface area contributed by atoms with Gasteiger partial charge in [0.1, 0.15) is 11.9 Å². The molecule has 4 heteroatoms. The highest BCUT2D eigenvalue weighted by Crippen LogP contribution is 2.32. The molecular formula is C23H26N2O2. The first-order valence-corrected chi connectivity index (χ1v) is 9.57. The summed E-state index contributed by atoms with van der Waals surface area (Å²) in [6.07, 6.45) is 1.12. The zero-order chi connectivity index (χ0) is 18.8. The van der Waals surface area contributed by atoms with Gasteiger partial charge in [0.2, 0.25) is 5.88 Å². The average molecular weight is 362 g/mol. The Kier molecular flexibility index (Phi) is 4.99. The molecule has 1 aromatic heterocycles. The predicted octanol–water partition coefficient (Wildman–Crippen LogP) is 4.73. The number of fused-ring (bicyclic) bond motifs is 2. The minimum atomic E-state index is 0.151. The van der Waals surface area contributed by atoms with Gasteiger partial charge in [0.15, 0.2) is 0 Å². The molecule has 2 heterocycles. The first-order chi connectivity index (χ1) is 13.2. The molecule has 1 aliphatic heterocycles. The molecule has 0 saturated carbocycles. The Morgan fingerprint density at radius 3 is 2.74 bits per heavy atom. The van der Waals surface area contributed by atoms with E-state index in [1.807, 2.05) is 6.07 Å². The van der Waals surface area contributed by atoms with Crippen molar-refractivity contribution < 1.29 is 9.47 Å². The Bertz CT molecular complexity index is 940. The van der Waals surface area contributed by atoms with Crippen LogP contribution in [0.5, 0.6) is 11.6 Å². The molecule has 0 aliphatic carbocycles. The van der Waals surface area contributed by atoms with Crippen molar-refractivity contribution in [2.24, 2.45) is 0 Å². The fraction of sp³-hybridized carbons (Fsp3) is 0.348. The van der Waals surface area contributed by atoms with Crippen LogP contribution in [0, 0.1) is 6.92 Å². The lowest BCUT2D eigenvalue weighted by Crippen LogP contribution is -2.32. The summed E-state index contributed by atoms with van der Waals surface area (Å²) in [6, 6.07) is 16.9. The Balaban J connectivity index is 1.73. The third-order valence-electron chi connectivity index (χ3n) is 5.20. The molecule has 2 aromatic carbocycles. The monoisotopic (exact) mass is 362 g/mol. The summed E-state index contributed by atoms with van der Waals surface area (Å²) in [7, 11) is 1.70. The van der Waals surface area contributed by atoms with Crippen molar-refractivity contribution in [3.63, 3.8) is 0 Å². The van der Waals surface area contributed by atoms with Gasteiger partial charge < -0.3 is 9.47 Å². The minimum absolute atomic E-state index is 0.151. The van der Waals surface area contributed by atoms with Crippen molar-refractivity contribution in [3.8, 4) is 11.6 Å². The molecule has 27 heavy (non-hydrogen) atoms. The topological polar surface area (TPSA) is 34.6 Å². The predicted molar refractivity (Wildman–Crippen MR) is 108 cm³/mol. The van der Waals surface area contributed by atoms with Gasteiger partial charge in [-0.2, -0.15) is 0 Å². The van der Waals surface area contributed by atoms with Gasteiger partial charge in [0, 0.05) is 30.6 Å². The number of methoxy groups -OCH3 is 1.